The summed E-state index contributed by atoms with van der Waals surface area (Å²) in [6.45, 7) is 3.98. The molecule has 5 rings (SSSR count). The van der Waals surface area contributed by atoms with Crippen LogP contribution < -0.4 is 0 Å². The number of hydrogen-bond acceptors (Lipinski definition) is 5. The lowest BCUT2D eigenvalue weighted by Gasteiger charge is -2.37. The van der Waals surface area contributed by atoms with Crippen LogP contribution in [0.15, 0.2) is 59.1 Å². The maximum absolute atomic E-state index is 13.3. The number of carbonyl (C=O) groups excluding carboxylic acids is 1. The Labute approximate surface area is 205 Å². The summed E-state index contributed by atoms with van der Waals surface area (Å²) in [5, 5.41) is 4.71. The zero-order valence-electron chi connectivity index (χ0n) is 19.4. The predicted molar refractivity (Wildman–Crippen MR) is 132 cm³/mol. The third kappa shape index (κ3) is 5.50. The molecule has 0 N–H and O–H groups in total. The van der Waals surface area contributed by atoms with Crippen LogP contribution in [0.25, 0.3) is 11.4 Å². The number of nitrogens with zero attached hydrogens (tertiary/aromatic N) is 4. The fraction of sp³-hybridized carbons (Fsp3) is 0.444. The minimum atomic E-state index is 0.0467. The van der Waals surface area contributed by atoms with Crippen LogP contribution in [0.5, 0.6) is 0 Å². The van der Waals surface area contributed by atoms with Gasteiger partial charge in [-0.05, 0) is 62.3 Å². The van der Waals surface area contributed by atoms with E-state index in [-0.39, 0.29) is 5.92 Å². The molecule has 2 saturated heterocycles. The number of hydrogen-bond donors (Lipinski definition) is 0. The number of carbonyl (C=O) groups is 1. The third-order valence-corrected chi connectivity index (χ3v) is 7.42. The van der Waals surface area contributed by atoms with E-state index in [1.54, 1.807) is 0 Å². The molecule has 0 radical (unpaired) electrons. The smallest absolute Gasteiger partial charge is 0.241 e. The van der Waals surface area contributed by atoms with Gasteiger partial charge in [-0.3, -0.25) is 9.69 Å². The van der Waals surface area contributed by atoms with Crippen molar-refractivity contribution in [2.24, 2.45) is 11.8 Å². The number of amides is 1. The molecule has 1 amide bonds. The van der Waals surface area contributed by atoms with E-state index in [2.05, 4.69) is 50.3 Å². The van der Waals surface area contributed by atoms with E-state index < -0.39 is 0 Å². The van der Waals surface area contributed by atoms with Crippen LogP contribution in [-0.4, -0.2) is 52.0 Å². The minimum absolute atomic E-state index is 0.0467. The highest BCUT2D eigenvalue weighted by atomic mass is 35.5. The van der Waals surface area contributed by atoms with Gasteiger partial charge in [-0.2, -0.15) is 4.98 Å². The number of aromatic nitrogens is 2. The lowest BCUT2D eigenvalue weighted by Crippen LogP contribution is -2.47. The fourth-order valence-corrected chi connectivity index (χ4v) is 5.45. The van der Waals surface area contributed by atoms with Gasteiger partial charge in [-0.25, -0.2) is 0 Å². The average molecular weight is 479 g/mol. The lowest BCUT2D eigenvalue weighted by molar-refractivity contribution is -0.138. The molecule has 1 atom stereocenters. The van der Waals surface area contributed by atoms with Gasteiger partial charge in [-0.15, -0.1) is 0 Å². The Balaban J connectivity index is 1.13. The van der Waals surface area contributed by atoms with Gasteiger partial charge in [0.15, 0.2) is 0 Å². The second-order valence-corrected chi connectivity index (χ2v) is 9.93. The van der Waals surface area contributed by atoms with Crippen molar-refractivity contribution in [2.75, 3.05) is 26.2 Å². The minimum Gasteiger partial charge on any atom is -0.342 e. The van der Waals surface area contributed by atoms with E-state index in [9.17, 15) is 4.79 Å². The number of piperidine rings is 2. The lowest BCUT2D eigenvalue weighted by atomic mass is 9.89. The first-order chi connectivity index (χ1) is 16.7. The highest BCUT2D eigenvalue weighted by molar-refractivity contribution is 6.33. The maximum atomic E-state index is 13.3. The van der Waals surface area contributed by atoms with Gasteiger partial charge in [0.05, 0.1) is 17.5 Å². The summed E-state index contributed by atoms with van der Waals surface area (Å²) in [7, 11) is 0. The molecule has 2 fully saturated rings. The summed E-state index contributed by atoms with van der Waals surface area (Å²) in [4.78, 5) is 22.2. The van der Waals surface area contributed by atoms with E-state index >= 15 is 0 Å². The summed E-state index contributed by atoms with van der Waals surface area (Å²) < 4.78 is 5.49. The second-order valence-electron chi connectivity index (χ2n) is 9.52. The first-order valence-electron chi connectivity index (χ1n) is 12.3. The van der Waals surface area contributed by atoms with Crippen molar-refractivity contribution in [1.29, 1.82) is 0 Å². The van der Waals surface area contributed by atoms with Crippen molar-refractivity contribution in [3.05, 3.63) is 71.1 Å². The average Bonchev–Trinajstić information content (AvgIpc) is 3.33. The third-order valence-electron chi connectivity index (χ3n) is 7.09. The van der Waals surface area contributed by atoms with E-state index in [0.29, 0.717) is 35.1 Å². The maximum Gasteiger partial charge on any atom is 0.241 e. The zero-order valence-corrected chi connectivity index (χ0v) is 20.2. The molecule has 0 spiro atoms. The quantitative estimate of drug-likeness (QED) is 0.494. The molecular weight excluding hydrogens is 448 g/mol. The Morgan fingerprint density at radius 2 is 1.76 bits per heavy atom. The number of halogens is 1. The second kappa shape index (κ2) is 10.7. The molecule has 1 unspecified atom stereocenters. The van der Waals surface area contributed by atoms with Gasteiger partial charge in [0, 0.05) is 25.2 Å². The highest BCUT2D eigenvalue weighted by Gasteiger charge is 2.32. The summed E-state index contributed by atoms with van der Waals surface area (Å²) in [5.74, 6) is 2.09. The van der Waals surface area contributed by atoms with Gasteiger partial charge in [0.2, 0.25) is 17.6 Å². The summed E-state index contributed by atoms with van der Waals surface area (Å²) in [6.07, 6.45) is 5.24. The molecule has 7 heteroatoms. The molecule has 178 valence electrons. The normalized spacial score (nSPS) is 19.9. The summed E-state index contributed by atoms with van der Waals surface area (Å²) in [6, 6.07) is 18.2. The SMILES string of the molecule is O=C(C1CCCN(Cc2nc(-c3ccccc3Cl)no2)C1)N1CCC(Cc2ccccc2)CC1. The van der Waals surface area contributed by atoms with Crippen LogP contribution in [-0.2, 0) is 17.8 Å². The standard InChI is InChI=1S/C27H31ClN4O2/c28-24-11-5-4-10-23(24)26-29-25(34-30-26)19-31-14-6-9-22(18-31)27(33)32-15-12-21(13-16-32)17-20-7-2-1-3-8-20/h1-5,7-8,10-11,21-22H,6,9,12-19H2. The molecule has 0 bridgehead atoms. The van der Waals surface area contributed by atoms with Gasteiger partial charge in [-0.1, -0.05) is 59.2 Å². The molecular formula is C27H31ClN4O2. The Morgan fingerprint density at radius 1 is 1.00 bits per heavy atom. The molecule has 0 aliphatic carbocycles. The number of likely N-dealkylation sites (tertiary alicyclic amines) is 2. The summed E-state index contributed by atoms with van der Waals surface area (Å²) in [5.41, 5.74) is 2.16. The molecule has 3 aromatic rings. The molecule has 2 aliphatic rings. The topological polar surface area (TPSA) is 62.5 Å². The monoisotopic (exact) mass is 478 g/mol. The molecule has 3 heterocycles. The Kier molecular flexibility index (Phi) is 7.26. The van der Waals surface area contributed by atoms with E-state index in [1.165, 1.54) is 5.56 Å². The zero-order chi connectivity index (χ0) is 23.3. The predicted octanol–water partition coefficient (Wildman–Crippen LogP) is 5.08. The highest BCUT2D eigenvalue weighted by Crippen LogP contribution is 2.27. The van der Waals surface area contributed by atoms with Crippen LogP contribution in [0, 0.1) is 11.8 Å². The van der Waals surface area contributed by atoms with Crippen molar-refractivity contribution >= 4 is 17.5 Å². The molecule has 34 heavy (non-hydrogen) atoms. The fourth-order valence-electron chi connectivity index (χ4n) is 5.23. The van der Waals surface area contributed by atoms with Gasteiger partial charge >= 0.3 is 0 Å². The molecule has 2 aliphatic heterocycles. The van der Waals surface area contributed by atoms with Crippen LogP contribution in [0.1, 0.15) is 37.1 Å². The van der Waals surface area contributed by atoms with Crippen molar-refractivity contribution in [3.8, 4) is 11.4 Å². The molecule has 0 saturated carbocycles. The number of benzene rings is 2. The molecule has 6 nitrogen and oxygen atoms in total. The van der Waals surface area contributed by atoms with Crippen molar-refractivity contribution in [1.82, 2.24) is 19.9 Å². The van der Waals surface area contributed by atoms with Gasteiger partial charge in [0.25, 0.3) is 0 Å². The largest absolute Gasteiger partial charge is 0.342 e. The van der Waals surface area contributed by atoms with Gasteiger partial charge < -0.3 is 9.42 Å². The number of rotatable bonds is 6. The van der Waals surface area contributed by atoms with Crippen molar-refractivity contribution in [2.45, 2.75) is 38.6 Å². The first-order valence-corrected chi connectivity index (χ1v) is 12.7. The molecule has 2 aromatic carbocycles. The van der Waals surface area contributed by atoms with E-state index in [1.807, 2.05) is 24.3 Å². The van der Waals surface area contributed by atoms with Crippen LogP contribution in [0.2, 0.25) is 5.02 Å². The van der Waals surface area contributed by atoms with Crippen molar-refractivity contribution in [3.63, 3.8) is 0 Å². The van der Waals surface area contributed by atoms with Crippen LogP contribution in [0.4, 0.5) is 0 Å². The van der Waals surface area contributed by atoms with Crippen LogP contribution >= 0.6 is 11.6 Å². The van der Waals surface area contributed by atoms with E-state index in [4.69, 9.17) is 16.1 Å². The van der Waals surface area contributed by atoms with E-state index in [0.717, 1.165) is 63.8 Å². The first kappa shape index (κ1) is 23.1. The molecule has 1 aromatic heterocycles. The van der Waals surface area contributed by atoms with Crippen molar-refractivity contribution < 1.29 is 9.32 Å². The Hall–Kier alpha value is -2.70. The van der Waals surface area contributed by atoms with Gasteiger partial charge in [0.1, 0.15) is 0 Å². The van der Waals surface area contributed by atoms with Crippen LogP contribution in [0.3, 0.4) is 0 Å². The Bertz CT molecular complexity index is 1090. The summed E-state index contributed by atoms with van der Waals surface area (Å²) >= 11 is 6.26. The Morgan fingerprint density at radius 3 is 2.56 bits per heavy atom.